The first-order valence-electron chi connectivity index (χ1n) is 6.22. The maximum Gasteiger partial charge on any atom is 0.228 e. The van der Waals surface area contributed by atoms with Crippen LogP contribution in [0, 0.1) is 11.7 Å². The van der Waals surface area contributed by atoms with Crippen molar-refractivity contribution in [2.75, 3.05) is 7.05 Å². The quantitative estimate of drug-likeness (QED) is 0.895. The van der Waals surface area contributed by atoms with Gasteiger partial charge in [0.25, 0.3) is 0 Å². The van der Waals surface area contributed by atoms with Crippen molar-refractivity contribution in [1.82, 2.24) is 20.4 Å². The molecule has 0 aromatic carbocycles. The van der Waals surface area contributed by atoms with E-state index in [-0.39, 0.29) is 11.9 Å². The molecule has 1 unspecified atom stereocenters. The van der Waals surface area contributed by atoms with Gasteiger partial charge in [0.2, 0.25) is 11.7 Å². The number of halogens is 1. The average Bonchev–Trinajstić information content (AvgIpc) is 2.85. The third-order valence-corrected chi connectivity index (χ3v) is 2.99. The molecule has 0 radical (unpaired) electrons. The summed E-state index contributed by atoms with van der Waals surface area (Å²) in [4.78, 5) is 8.20. The minimum Gasteiger partial charge on any atom is -0.339 e. The van der Waals surface area contributed by atoms with E-state index in [1.165, 1.54) is 12.1 Å². The van der Waals surface area contributed by atoms with Crippen LogP contribution in [0.3, 0.4) is 0 Å². The summed E-state index contributed by atoms with van der Waals surface area (Å²) in [6.07, 6.45) is 1.79. The Balaban J connectivity index is 2.12. The molecule has 0 spiro atoms. The molecule has 102 valence electrons. The number of nitrogens with zero attached hydrogens (tertiary/aromatic N) is 3. The predicted octanol–water partition coefficient (Wildman–Crippen LogP) is 2.06. The molecule has 2 rings (SSSR count). The molecule has 0 saturated carbocycles. The van der Waals surface area contributed by atoms with Crippen LogP contribution in [0.2, 0.25) is 0 Å². The van der Waals surface area contributed by atoms with Crippen molar-refractivity contribution in [3.05, 3.63) is 30.0 Å². The molecule has 2 heterocycles. The number of rotatable bonds is 5. The molecular formula is C13H17FN4O. The van der Waals surface area contributed by atoms with Crippen LogP contribution in [0.25, 0.3) is 11.5 Å². The Bertz CT molecular complexity index is 524. The van der Waals surface area contributed by atoms with Crippen molar-refractivity contribution in [3.8, 4) is 11.5 Å². The molecule has 2 aromatic heterocycles. The topological polar surface area (TPSA) is 63.8 Å². The second-order valence-electron chi connectivity index (χ2n) is 4.72. The van der Waals surface area contributed by atoms with Gasteiger partial charge in [-0.2, -0.15) is 4.98 Å². The van der Waals surface area contributed by atoms with Gasteiger partial charge < -0.3 is 9.84 Å². The lowest BCUT2D eigenvalue weighted by Gasteiger charge is -2.17. The SMILES string of the molecule is CNC(Cc1nc(-c2ccc(F)cn2)no1)C(C)C. The van der Waals surface area contributed by atoms with E-state index in [1.54, 1.807) is 0 Å². The van der Waals surface area contributed by atoms with Gasteiger partial charge in [0.05, 0.1) is 6.20 Å². The number of nitrogens with one attached hydrogen (secondary N) is 1. The zero-order chi connectivity index (χ0) is 13.8. The van der Waals surface area contributed by atoms with Crippen molar-refractivity contribution in [3.63, 3.8) is 0 Å². The minimum atomic E-state index is -0.387. The maximum atomic E-state index is 12.8. The summed E-state index contributed by atoms with van der Waals surface area (Å²) in [5.74, 6) is 1.01. The molecule has 0 amide bonds. The van der Waals surface area contributed by atoms with Crippen molar-refractivity contribution >= 4 is 0 Å². The normalized spacial score (nSPS) is 12.9. The molecule has 2 aromatic rings. The molecule has 0 aliphatic rings. The molecule has 0 saturated heterocycles. The predicted molar refractivity (Wildman–Crippen MR) is 68.9 cm³/mol. The molecule has 6 heteroatoms. The van der Waals surface area contributed by atoms with Crippen LogP contribution in [0.15, 0.2) is 22.9 Å². The highest BCUT2D eigenvalue weighted by Crippen LogP contribution is 2.15. The van der Waals surface area contributed by atoms with Crippen LogP contribution in [0.5, 0.6) is 0 Å². The summed E-state index contributed by atoms with van der Waals surface area (Å²) in [7, 11) is 1.91. The fourth-order valence-electron chi connectivity index (χ4n) is 1.81. The Hall–Kier alpha value is -1.82. The van der Waals surface area contributed by atoms with E-state index in [1.807, 2.05) is 7.05 Å². The number of hydrogen-bond acceptors (Lipinski definition) is 5. The van der Waals surface area contributed by atoms with Crippen LogP contribution in [-0.4, -0.2) is 28.2 Å². The zero-order valence-electron chi connectivity index (χ0n) is 11.2. The Kier molecular flexibility index (Phi) is 4.21. The lowest BCUT2D eigenvalue weighted by atomic mass is 10.0. The van der Waals surface area contributed by atoms with Crippen LogP contribution in [0.4, 0.5) is 4.39 Å². The first kappa shape index (κ1) is 13.6. The first-order chi connectivity index (χ1) is 9.10. The van der Waals surface area contributed by atoms with Gasteiger partial charge in [-0.1, -0.05) is 19.0 Å². The van der Waals surface area contributed by atoms with Crippen molar-refractivity contribution in [2.45, 2.75) is 26.3 Å². The summed E-state index contributed by atoms with van der Waals surface area (Å²) >= 11 is 0. The lowest BCUT2D eigenvalue weighted by molar-refractivity contribution is 0.335. The Morgan fingerprint density at radius 2 is 2.16 bits per heavy atom. The third-order valence-electron chi connectivity index (χ3n) is 2.99. The van der Waals surface area contributed by atoms with Gasteiger partial charge in [0, 0.05) is 12.5 Å². The molecule has 1 atom stereocenters. The van der Waals surface area contributed by atoms with Gasteiger partial charge >= 0.3 is 0 Å². The first-order valence-corrected chi connectivity index (χ1v) is 6.22. The van der Waals surface area contributed by atoms with Crippen molar-refractivity contribution in [2.24, 2.45) is 5.92 Å². The van der Waals surface area contributed by atoms with Gasteiger partial charge in [-0.3, -0.25) is 0 Å². The molecule has 19 heavy (non-hydrogen) atoms. The summed E-state index contributed by atoms with van der Waals surface area (Å²) in [5, 5.41) is 7.08. The summed E-state index contributed by atoms with van der Waals surface area (Å²) < 4.78 is 18.0. The summed E-state index contributed by atoms with van der Waals surface area (Å²) in [6, 6.07) is 3.12. The van der Waals surface area contributed by atoms with Crippen molar-refractivity contribution < 1.29 is 8.91 Å². The van der Waals surface area contributed by atoms with Gasteiger partial charge in [-0.05, 0) is 25.1 Å². The number of pyridine rings is 1. The maximum absolute atomic E-state index is 12.8. The molecule has 0 bridgehead atoms. The Morgan fingerprint density at radius 1 is 1.37 bits per heavy atom. The third kappa shape index (κ3) is 3.35. The second kappa shape index (κ2) is 5.88. The molecule has 0 aliphatic heterocycles. The van der Waals surface area contributed by atoms with E-state index in [2.05, 4.69) is 34.3 Å². The Labute approximate surface area is 111 Å². The highest BCUT2D eigenvalue weighted by molar-refractivity contribution is 5.47. The van der Waals surface area contributed by atoms with Gasteiger partial charge in [0.1, 0.15) is 11.5 Å². The second-order valence-corrected chi connectivity index (χ2v) is 4.72. The largest absolute Gasteiger partial charge is 0.339 e. The van der Waals surface area contributed by atoms with Crippen LogP contribution in [0.1, 0.15) is 19.7 Å². The van der Waals surface area contributed by atoms with E-state index in [4.69, 9.17) is 4.52 Å². The minimum absolute atomic E-state index is 0.273. The van der Waals surface area contributed by atoms with Crippen LogP contribution < -0.4 is 5.32 Å². The van der Waals surface area contributed by atoms with E-state index in [0.29, 0.717) is 29.7 Å². The lowest BCUT2D eigenvalue weighted by Crippen LogP contribution is -2.32. The van der Waals surface area contributed by atoms with Gasteiger partial charge in [-0.15, -0.1) is 0 Å². The number of likely N-dealkylation sites (N-methyl/N-ethyl adjacent to an activating group) is 1. The van der Waals surface area contributed by atoms with Gasteiger partial charge in [-0.25, -0.2) is 9.37 Å². The highest BCUT2D eigenvalue weighted by atomic mass is 19.1. The standard InChI is InChI=1S/C13H17FN4O/c1-8(2)11(15-3)6-12-17-13(18-19-12)10-5-4-9(14)7-16-10/h4-5,7-8,11,15H,6H2,1-3H3. The van der Waals surface area contributed by atoms with E-state index < -0.39 is 0 Å². The highest BCUT2D eigenvalue weighted by Gasteiger charge is 2.17. The fraction of sp³-hybridized carbons (Fsp3) is 0.462. The monoisotopic (exact) mass is 264 g/mol. The average molecular weight is 264 g/mol. The molecule has 0 aliphatic carbocycles. The zero-order valence-corrected chi connectivity index (χ0v) is 11.2. The number of hydrogen-bond donors (Lipinski definition) is 1. The van der Waals surface area contributed by atoms with Crippen LogP contribution in [-0.2, 0) is 6.42 Å². The smallest absolute Gasteiger partial charge is 0.228 e. The van der Waals surface area contributed by atoms with E-state index in [9.17, 15) is 4.39 Å². The fourth-order valence-corrected chi connectivity index (χ4v) is 1.81. The van der Waals surface area contributed by atoms with Gasteiger partial charge in [0.15, 0.2) is 0 Å². The number of aromatic nitrogens is 3. The summed E-state index contributed by atoms with van der Waals surface area (Å²) in [5.41, 5.74) is 0.502. The van der Waals surface area contributed by atoms with E-state index in [0.717, 1.165) is 6.20 Å². The molecule has 5 nitrogen and oxygen atoms in total. The van der Waals surface area contributed by atoms with E-state index >= 15 is 0 Å². The van der Waals surface area contributed by atoms with Crippen LogP contribution >= 0.6 is 0 Å². The van der Waals surface area contributed by atoms with Crippen molar-refractivity contribution in [1.29, 1.82) is 0 Å². The molecule has 0 fully saturated rings. The molecule has 1 N–H and O–H groups in total. The summed E-state index contributed by atoms with van der Waals surface area (Å²) in [6.45, 7) is 4.25. The molecular weight excluding hydrogens is 247 g/mol. The Morgan fingerprint density at radius 3 is 2.74 bits per heavy atom.